The minimum atomic E-state index is -5.11. The second kappa shape index (κ2) is 10.2. The van der Waals surface area contributed by atoms with E-state index < -0.39 is 57.2 Å². The van der Waals surface area contributed by atoms with Gasteiger partial charge >= 0.3 is 0 Å². The van der Waals surface area contributed by atoms with Gasteiger partial charge in [-0.1, -0.05) is 17.7 Å². The van der Waals surface area contributed by atoms with Gasteiger partial charge in [0.05, 0.1) is 21.2 Å². The number of hydrogen-bond acceptors (Lipinski definition) is 10. The molecule has 0 aliphatic heterocycles. The fourth-order valence-electron chi connectivity index (χ4n) is 3.17. The second-order valence-electron chi connectivity index (χ2n) is 7.28. The molecule has 0 saturated carbocycles. The first kappa shape index (κ1) is 28.2. The Balaban J connectivity index is 2.34. The highest BCUT2D eigenvalue weighted by atomic mass is 35.5. The van der Waals surface area contributed by atoms with Gasteiger partial charge in [-0.15, -0.1) is 5.11 Å². The van der Waals surface area contributed by atoms with Crippen LogP contribution in [0.2, 0.25) is 0 Å². The third-order valence-corrected chi connectivity index (χ3v) is 8.03. The van der Waals surface area contributed by atoms with Crippen molar-refractivity contribution >= 4 is 75.4 Å². The predicted octanol–water partition coefficient (Wildman–Crippen LogP) is 3.90. The number of nitrogens with zero attached hydrogens (tertiary/aromatic N) is 2. The summed E-state index contributed by atoms with van der Waals surface area (Å²) in [5.41, 5.74) is -0.465. The molecular formula is C20H16ClN3O10S3. The number of halogens is 1. The van der Waals surface area contributed by atoms with E-state index in [0.29, 0.717) is 0 Å². The van der Waals surface area contributed by atoms with Crippen LogP contribution in [0.5, 0.6) is 5.75 Å². The first-order chi connectivity index (χ1) is 17.0. The maximum Gasteiger partial charge on any atom is 0.296 e. The summed E-state index contributed by atoms with van der Waals surface area (Å²) in [6.45, 7) is 1.07. The van der Waals surface area contributed by atoms with Crippen LogP contribution in [0.15, 0.2) is 78.3 Å². The number of amides is 1. The van der Waals surface area contributed by atoms with Gasteiger partial charge in [-0.05, 0) is 41.8 Å². The van der Waals surface area contributed by atoms with Crippen LogP contribution in [0, 0.1) is 0 Å². The number of anilines is 1. The lowest BCUT2D eigenvalue weighted by Gasteiger charge is -2.14. The van der Waals surface area contributed by atoms with Crippen LogP contribution in [0.3, 0.4) is 0 Å². The average Bonchev–Trinajstić information content (AvgIpc) is 2.76. The Morgan fingerprint density at radius 2 is 1.62 bits per heavy atom. The molecule has 3 aromatic carbocycles. The van der Waals surface area contributed by atoms with Crippen molar-refractivity contribution in [2.75, 3.05) is 5.32 Å². The lowest BCUT2D eigenvalue weighted by molar-refractivity contribution is -0.114. The molecular weight excluding hydrogens is 574 g/mol. The predicted molar refractivity (Wildman–Crippen MR) is 132 cm³/mol. The molecule has 0 bridgehead atoms. The number of fused-ring (bicyclic) bond motifs is 1. The maximum atomic E-state index is 12.2. The van der Waals surface area contributed by atoms with Gasteiger partial charge in [0.25, 0.3) is 20.2 Å². The summed E-state index contributed by atoms with van der Waals surface area (Å²) in [5, 5.41) is 20.7. The van der Waals surface area contributed by atoms with E-state index in [4.69, 9.17) is 11.6 Å². The number of rotatable bonds is 7. The Kier molecular flexibility index (Phi) is 7.73. The van der Waals surface area contributed by atoms with Gasteiger partial charge in [-0.3, -0.25) is 13.9 Å². The van der Waals surface area contributed by atoms with Crippen LogP contribution in [-0.2, 0) is 34.9 Å². The fraction of sp³-hybridized carbons (Fsp3) is 0.0500. The number of benzene rings is 3. The quantitative estimate of drug-likeness (QED) is 0.230. The normalized spacial score (nSPS) is 13.0. The highest BCUT2D eigenvalue weighted by molar-refractivity contribution is 7.94. The summed E-state index contributed by atoms with van der Waals surface area (Å²) in [5.74, 6) is -1.65. The number of phenolic OH excluding ortho intramolecular Hbond substituents is 1. The zero-order valence-corrected chi connectivity index (χ0v) is 21.6. The number of azo groups is 1. The number of sulfone groups is 1. The van der Waals surface area contributed by atoms with Gasteiger partial charge in [0.2, 0.25) is 15.7 Å². The molecule has 0 aliphatic carbocycles. The van der Waals surface area contributed by atoms with Crippen molar-refractivity contribution in [3.63, 3.8) is 0 Å². The minimum Gasteiger partial charge on any atom is -0.505 e. The molecule has 0 unspecified atom stereocenters. The molecule has 4 N–H and O–H groups in total. The van der Waals surface area contributed by atoms with E-state index in [1.54, 1.807) is 0 Å². The van der Waals surface area contributed by atoms with Gasteiger partial charge in [-0.25, -0.2) is 8.42 Å². The number of aromatic hydroxyl groups is 1. The van der Waals surface area contributed by atoms with Crippen molar-refractivity contribution in [2.45, 2.75) is 21.6 Å². The third kappa shape index (κ3) is 6.30. The molecule has 196 valence electrons. The molecule has 13 nitrogen and oxygen atoms in total. The maximum absolute atomic E-state index is 12.2. The van der Waals surface area contributed by atoms with Gasteiger partial charge in [0.1, 0.15) is 10.6 Å². The van der Waals surface area contributed by atoms with Gasteiger partial charge < -0.3 is 10.4 Å². The lowest BCUT2D eigenvalue weighted by atomic mass is 10.1. The van der Waals surface area contributed by atoms with Crippen LogP contribution in [-0.4, -0.2) is 45.4 Å². The molecule has 1 amide bonds. The Bertz CT molecular complexity index is 1820. The van der Waals surface area contributed by atoms with Crippen LogP contribution >= 0.6 is 11.6 Å². The highest BCUT2D eigenvalue weighted by Crippen LogP contribution is 2.45. The summed E-state index contributed by atoms with van der Waals surface area (Å²) in [6, 6.07) is 7.26. The Hall–Kier alpha value is -3.41. The molecule has 3 rings (SSSR count). The molecule has 0 radical (unpaired) electrons. The van der Waals surface area contributed by atoms with Crippen LogP contribution < -0.4 is 5.32 Å². The molecule has 37 heavy (non-hydrogen) atoms. The van der Waals surface area contributed by atoms with Gasteiger partial charge in [-0.2, -0.15) is 21.9 Å². The van der Waals surface area contributed by atoms with E-state index in [0.717, 1.165) is 42.1 Å². The molecule has 0 fully saturated rings. The standard InChI is InChI=1S/C20H16ClN3O10S3/c1-11(25)22-16-10-15(36(29,30)31)7-12-8-17(37(32,33)34)19(20(26)18(12)16)24-23-13-3-2-4-14(9-13)35(27,28)6-5-21/h2-10,26H,1H3,(H,22,25)(H,29,30,31)(H,32,33,34). The number of carbonyl (C=O) groups excluding carboxylic acids is 1. The van der Waals surface area contributed by atoms with Crippen molar-refractivity contribution in [3.8, 4) is 5.75 Å². The van der Waals surface area contributed by atoms with E-state index in [9.17, 15) is 44.3 Å². The fourth-order valence-corrected chi connectivity index (χ4v) is 5.62. The van der Waals surface area contributed by atoms with Crippen molar-refractivity contribution < 1.29 is 44.3 Å². The number of nitrogens with one attached hydrogen (secondary N) is 1. The smallest absolute Gasteiger partial charge is 0.296 e. The molecule has 0 atom stereocenters. The van der Waals surface area contributed by atoms with Crippen LogP contribution in [0.4, 0.5) is 17.1 Å². The van der Waals surface area contributed by atoms with Crippen molar-refractivity contribution in [2.24, 2.45) is 10.2 Å². The molecule has 0 heterocycles. The molecule has 0 saturated heterocycles. The van der Waals surface area contributed by atoms with Gasteiger partial charge in [0, 0.05) is 23.3 Å². The molecule has 0 aliphatic rings. The summed E-state index contributed by atoms with van der Waals surface area (Å²) in [7, 11) is -13.9. The van der Waals surface area contributed by atoms with Crippen molar-refractivity contribution in [1.29, 1.82) is 0 Å². The Morgan fingerprint density at radius 3 is 2.19 bits per heavy atom. The van der Waals surface area contributed by atoms with E-state index in [1.807, 2.05) is 0 Å². The summed E-state index contributed by atoms with van der Waals surface area (Å²) >= 11 is 5.34. The number of phenols is 1. The first-order valence-corrected chi connectivity index (χ1v) is 14.5. The van der Waals surface area contributed by atoms with Crippen LogP contribution in [0.1, 0.15) is 6.92 Å². The zero-order valence-electron chi connectivity index (χ0n) is 18.4. The second-order valence-corrected chi connectivity index (χ2v) is 12.2. The van der Waals surface area contributed by atoms with E-state index in [1.165, 1.54) is 18.2 Å². The monoisotopic (exact) mass is 589 g/mol. The van der Waals surface area contributed by atoms with Gasteiger partial charge in [0.15, 0.2) is 5.75 Å². The summed E-state index contributed by atoms with van der Waals surface area (Å²) in [4.78, 5) is 9.68. The molecule has 3 aromatic rings. The van der Waals surface area contributed by atoms with E-state index >= 15 is 0 Å². The highest BCUT2D eigenvalue weighted by Gasteiger charge is 2.25. The topological polar surface area (TPSA) is 217 Å². The van der Waals surface area contributed by atoms with E-state index in [-0.39, 0.29) is 27.0 Å². The third-order valence-electron chi connectivity index (χ3n) is 4.65. The molecule has 17 heteroatoms. The molecule has 0 spiro atoms. The summed E-state index contributed by atoms with van der Waals surface area (Å²) < 4.78 is 91.0. The number of hydrogen-bond donors (Lipinski definition) is 4. The number of carbonyl (C=O) groups is 1. The zero-order chi connectivity index (χ0) is 27.8. The van der Waals surface area contributed by atoms with E-state index in [2.05, 4.69) is 15.5 Å². The molecule has 0 aromatic heterocycles. The Labute approximate surface area is 215 Å². The SMILES string of the molecule is CC(=O)Nc1cc(S(=O)(=O)O)cc2cc(S(=O)(=O)O)c(N=Nc3cccc(S(=O)(=O)C=CCl)c3)c(O)c12. The summed E-state index contributed by atoms with van der Waals surface area (Å²) in [6.07, 6.45) is 0. The minimum absolute atomic E-state index is 0.103. The Morgan fingerprint density at radius 1 is 0.946 bits per heavy atom. The lowest BCUT2D eigenvalue weighted by Crippen LogP contribution is -2.08. The van der Waals surface area contributed by atoms with Crippen molar-refractivity contribution in [3.05, 3.63) is 53.4 Å². The first-order valence-electron chi connectivity index (χ1n) is 9.64. The average molecular weight is 590 g/mol. The van der Waals surface area contributed by atoms with Crippen molar-refractivity contribution in [1.82, 2.24) is 0 Å². The van der Waals surface area contributed by atoms with Crippen LogP contribution in [0.25, 0.3) is 10.8 Å². The largest absolute Gasteiger partial charge is 0.505 e.